The smallest absolute Gasteiger partial charge is 0.744 e. The molecule has 0 aliphatic rings. The van der Waals surface area contributed by atoms with Gasteiger partial charge >= 0.3 is 46.1 Å². The molecule has 0 radical (unpaired) electrons. The van der Waals surface area contributed by atoms with Crippen molar-refractivity contribution in [1.82, 2.24) is 9.97 Å². The molecule has 0 amide bonds. The van der Waals surface area contributed by atoms with Crippen LogP contribution in [-0.2, 0) is 40.5 Å². The van der Waals surface area contributed by atoms with Gasteiger partial charge in [-0.1, -0.05) is 24.3 Å². The molecule has 2 aromatic heterocycles. The van der Waals surface area contributed by atoms with Gasteiger partial charge in [-0.05, 0) is 71.8 Å². The van der Waals surface area contributed by atoms with Crippen molar-refractivity contribution in [3.05, 3.63) is 96.3 Å². The van der Waals surface area contributed by atoms with E-state index in [1.54, 1.807) is 0 Å². The molecule has 2 heterocycles. The molecule has 2 N–H and O–H groups in total. The van der Waals surface area contributed by atoms with Gasteiger partial charge in [0.05, 0.1) is 31.0 Å². The topological polar surface area (TPSA) is 344 Å². The normalized spacial score (nSPS) is 12.7. The Hall–Kier alpha value is -4.59. The maximum Gasteiger partial charge on any atom is 2.00 e. The zero-order valence-electron chi connectivity index (χ0n) is 28.8. The molecule has 0 spiro atoms. The van der Waals surface area contributed by atoms with Crippen LogP contribution in [0.25, 0.3) is 34.0 Å². The quantitative estimate of drug-likeness (QED) is 0.0848. The Balaban J connectivity index is 0.00000372. The van der Waals surface area contributed by atoms with Gasteiger partial charge in [-0.3, -0.25) is 9.97 Å². The molecule has 0 bridgehead atoms. The summed E-state index contributed by atoms with van der Waals surface area (Å²) in [7, 11) is -20.8. The van der Waals surface area contributed by atoms with Crippen LogP contribution in [0.5, 0.6) is 11.5 Å². The van der Waals surface area contributed by atoms with E-state index in [-0.39, 0.29) is 90.4 Å². The summed E-state index contributed by atoms with van der Waals surface area (Å²) in [6.45, 7) is 0. The molecule has 0 aliphatic carbocycles. The van der Waals surface area contributed by atoms with Gasteiger partial charge in [-0.25, -0.2) is 33.7 Å². The number of aromatic hydroxyl groups is 2. The van der Waals surface area contributed by atoms with Crippen molar-refractivity contribution >= 4 is 143 Å². The Kier molecular flexibility index (Phi) is 13.8. The zero-order valence-corrected chi connectivity index (χ0v) is 34.9. The van der Waals surface area contributed by atoms with Crippen molar-refractivity contribution in [2.24, 2.45) is 20.5 Å². The monoisotopic (exact) mass is 886 g/mol. The van der Waals surface area contributed by atoms with Crippen molar-refractivity contribution in [1.29, 1.82) is 0 Å². The first-order valence-corrected chi connectivity index (χ1v) is 20.6. The first kappa shape index (κ1) is 46.1. The van der Waals surface area contributed by atoms with E-state index in [0.29, 0.717) is 0 Å². The van der Waals surface area contributed by atoms with E-state index in [1.807, 2.05) is 0 Å². The molecule has 0 saturated heterocycles. The Morgan fingerprint density at radius 1 is 0.483 bits per heavy atom. The first-order valence-electron chi connectivity index (χ1n) is 15.0. The molecule has 6 aromatic rings. The van der Waals surface area contributed by atoms with Gasteiger partial charge in [-0.15, -0.1) is 10.2 Å². The van der Waals surface area contributed by atoms with Crippen LogP contribution in [0.3, 0.4) is 0 Å². The van der Waals surface area contributed by atoms with Gasteiger partial charge in [-0.2, -0.15) is 10.2 Å². The van der Waals surface area contributed by atoms with Gasteiger partial charge < -0.3 is 28.4 Å². The van der Waals surface area contributed by atoms with E-state index >= 15 is 0 Å². The van der Waals surface area contributed by atoms with E-state index in [1.165, 1.54) is 36.7 Å². The third-order valence-electron chi connectivity index (χ3n) is 7.68. The second-order valence-electron chi connectivity index (χ2n) is 11.3. The van der Waals surface area contributed by atoms with E-state index < -0.39 is 82.9 Å². The summed E-state index contributed by atoms with van der Waals surface area (Å²) in [5.41, 5.74) is -2.94. The third-order valence-corrected chi connectivity index (χ3v) is 11.2. The fourth-order valence-electron chi connectivity index (χ4n) is 5.22. The van der Waals surface area contributed by atoms with Crippen LogP contribution < -0.4 is 0 Å². The number of hydrogen-bond donors (Lipinski definition) is 2. The van der Waals surface area contributed by atoms with Crippen LogP contribution in [0.4, 0.5) is 22.7 Å². The van der Waals surface area contributed by atoms with Crippen molar-refractivity contribution in [2.45, 2.75) is 19.6 Å². The number of azo groups is 2. The predicted molar refractivity (Wildman–Crippen MR) is 200 cm³/mol. The van der Waals surface area contributed by atoms with Gasteiger partial charge in [0.2, 0.25) is 0 Å². The standard InChI is InChI=1S/C32H22N6O14S4.2Mg/c39-31-23(15-27(55(47,48)49)21-3-1-11-33-29(21)31)37-35-19-9-7-17(25(13-19)53(41,42)43)5-6-18-8-10-20(14-26(18)54(44,45)46)36-38-24-16-28(56(50,51)52)22-4-2-12-34-30(22)32(24)40;;/h1-16,39-40H,(H,41,42,43)(H,44,45,46)(H,47,48,49)(H,50,51,52);;/q;2*+2/p-4/b6-5+,37-35?,38-36?;;. The Bertz CT molecular complexity index is 2970. The summed E-state index contributed by atoms with van der Waals surface area (Å²) in [4.78, 5) is 4.35. The molecule has 0 aliphatic heterocycles. The van der Waals surface area contributed by atoms with Crippen molar-refractivity contribution in [3.63, 3.8) is 0 Å². The van der Waals surface area contributed by atoms with Crippen molar-refractivity contribution < 1.29 is 62.1 Å². The summed E-state index contributed by atoms with van der Waals surface area (Å²) in [6, 6.07) is 12.4. The molecule has 26 heteroatoms. The summed E-state index contributed by atoms with van der Waals surface area (Å²) in [6.07, 6.45) is 4.38. The molecule has 0 unspecified atom stereocenters. The number of nitrogens with zero attached hydrogens (tertiary/aromatic N) is 6. The molecule has 288 valence electrons. The number of rotatable bonds is 10. The van der Waals surface area contributed by atoms with Crippen molar-refractivity contribution in [3.8, 4) is 11.5 Å². The largest absolute Gasteiger partial charge is 2.00 e. The number of benzene rings is 4. The van der Waals surface area contributed by atoms with E-state index in [9.17, 15) is 62.1 Å². The average molecular weight is 887 g/mol. The molecule has 0 atom stereocenters. The summed E-state index contributed by atoms with van der Waals surface area (Å²) >= 11 is 0. The maximum absolute atomic E-state index is 12.2. The predicted octanol–water partition coefficient (Wildman–Crippen LogP) is 4.05. The third kappa shape index (κ3) is 9.98. The number of hydrogen-bond acceptors (Lipinski definition) is 20. The van der Waals surface area contributed by atoms with Crippen LogP contribution in [-0.4, -0.2) is 118 Å². The Morgan fingerprint density at radius 2 is 0.828 bits per heavy atom. The van der Waals surface area contributed by atoms with E-state index in [4.69, 9.17) is 0 Å². The minimum Gasteiger partial charge on any atom is -0.744 e. The molecular formula is C32H18Mg2N6O14S4. The maximum atomic E-state index is 12.2. The molecule has 6 rings (SSSR count). The zero-order chi connectivity index (χ0) is 40.8. The number of pyridine rings is 2. The number of fused-ring (bicyclic) bond motifs is 2. The number of phenolic OH excluding ortho intramolecular Hbond substituents is 2. The fourth-order valence-corrected chi connectivity index (χ4v) is 7.98. The minimum absolute atomic E-state index is 0. The van der Waals surface area contributed by atoms with Gasteiger partial charge in [0, 0.05) is 23.2 Å². The average Bonchev–Trinajstić information content (AvgIpc) is 3.12. The SMILES string of the molecule is O=S(=O)([O-])c1cc(N=Nc2cc(S(=O)(=O)[O-])c3cccnc3c2O)ccc1/C=C/c1ccc(N=Nc2cc(S(=O)(=O)[O-])c3cccnc3c2O)cc1S(=O)(=O)[O-].[Mg+2].[Mg+2]. The fraction of sp³-hybridized carbons (Fsp3) is 0. The first-order chi connectivity index (χ1) is 26.1. The number of phenols is 2. The Labute approximate surface area is 360 Å². The summed E-state index contributed by atoms with van der Waals surface area (Å²) in [5.74, 6) is -1.34. The van der Waals surface area contributed by atoms with Crippen LogP contribution in [0, 0.1) is 0 Å². The number of aromatic nitrogens is 2. The van der Waals surface area contributed by atoms with Crippen LogP contribution in [0.1, 0.15) is 11.1 Å². The Morgan fingerprint density at radius 3 is 1.16 bits per heavy atom. The molecule has 0 fully saturated rings. The van der Waals surface area contributed by atoms with Crippen LogP contribution in [0.15, 0.2) is 125 Å². The van der Waals surface area contributed by atoms with Crippen LogP contribution >= 0.6 is 0 Å². The second kappa shape index (κ2) is 17.3. The molecule has 0 saturated carbocycles. The second-order valence-corrected chi connectivity index (χ2v) is 16.7. The molecular weight excluding hydrogens is 869 g/mol. The van der Waals surface area contributed by atoms with Gasteiger partial charge in [0.25, 0.3) is 0 Å². The van der Waals surface area contributed by atoms with E-state index in [2.05, 4.69) is 30.4 Å². The van der Waals surface area contributed by atoms with Crippen LogP contribution in [0.2, 0.25) is 0 Å². The van der Waals surface area contributed by atoms with Gasteiger partial charge in [0.15, 0.2) is 11.5 Å². The van der Waals surface area contributed by atoms with E-state index in [0.717, 1.165) is 60.7 Å². The van der Waals surface area contributed by atoms with Crippen molar-refractivity contribution in [2.75, 3.05) is 0 Å². The van der Waals surface area contributed by atoms with Gasteiger partial charge in [0.1, 0.15) is 62.9 Å². The molecule has 20 nitrogen and oxygen atoms in total. The summed E-state index contributed by atoms with van der Waals surface area (Å²) in [5, 5.41) is 35.7. The molecule has 4 aromatic carbocycles. The minimum atomic E-state index is -5.29. The summed E-state index contributed by atoms with van der Waals surface area (Å²) < 4.78 is 145. The molecule has 58 heavy (non-hydrogen) atoms.